The van der Waals surface area contributed by atoms with E-state index in [1.54, 1.807) is 6.20 Å². The van der Waals surface area contributed by atoms with Crippen molar-refractivity contribution in [2.24, 2.45) is 0 Å². The van der Waals surface area contributed by atoms with Crippen LogP contribution in [0.15, 0.2) is 100 Å². The first-order valence-electron chi connectivity index (χ1n) is 15.9. The normalized spacial score (nSPS) is 13.3. The number of hydrogen-bond donors (Lipinski definition) is 8. The number of carboxylic acids is 2. The second kappa shape index (κ2) is 18.5. The van der Waals surface area contributed by atoms with Crippen molar-refractivity contribution in [3.05, 3.63) is 107 Å². The molecular formula is C37H33N3O14S. The molecule has 0 bridgehead atoms. The van der Waals surface area contributed by atoms with E-state index in [2.05, 4.69) is 10.3 Å². The van der Waals surface area contributed by atoms with Crippen molar-refractivity contribution in [1.29, 1.82) is 0 Å². The Morgan fingerprint density at radius 1 is 0.891 bits per heavy atom. The summed E-state index contributed by atoms with van der Waals surface area (Å²) >= 11 is 1.05. The molecule has 0 spiro atoms. The summed E-state index contributed by atoms with van der Waals surface area (Å²) in [6.45, 7) is 1.27. The Bertz CT molecular complexity index is 2260. The van der Waals surface area contributed by atoms with Gasteiger partial charge in [-0.05, 0) is 54.4 Å². The number of nitrogens with one attached hydrogen (secondary N) is 1. The van der Waals surface area contributed by atoms with Gasteiger partial charge in [0.05, 0.1) is 11.8 Å². The molecule has 55 heavy (non-hydrogen) atoms. The number of benzene rings is 3. The first-order valence-corrected chi connectivity index (χ1v) is 16.7. The smallest absolute Gasteiger partial charge is 0.328 e. The molecule has 286 valence electrons. The quantitative estimate of drug-likeness (QED) is 0.0729. The summed E-state index contributed by atoms with van der Waals surface area (Å²) in [5.41, 5.74) is 0.110. The van der Waals surface area contributed by atoms with E-state index in [0.29, 0.717) is 25.2 Å². The van der Waals surface area contributed by atoms with Crippen LogP contribution < -0.4 is 20.4 Å². The monoisotopic (exact) mass is 775 g/mol. The van der Waals surface area contributed by atoms with E-state index < -0.39 is 34.6 Å². The summed E-state index contributed by atoms with van der Waals surface area (Å²) in [5, 5.41) is 64.9. The number of likely N-dealkylation sites (N-methyl/N-ethyl adjacent to an activating group) is 1. The summed E-state index contributed by atoms with van der Waals surface area (Å²) in [6.07, 6.45) is 3.41. The number of anilines is 1. The van der Waals surface area contributed by atoms with Crippen molar-refractivity contribution < 1.29 is 64.1 Å². The van der Waals surface area contributed by atoms with Crippen molar-refractivity contribution in [3.8, 4) is 45.8 Å². The zero-order valence-corrected chi connectivity index (χ0v) is 29.5. The summed E-state index contributed by atoms with van der Waals surface area (Å²) in [5.74, 6) is -3.76. The molecule has 2 aromatic heterocycles. The van der Waals surface area contributed by atoms with E-state index in [1.165, 1.54) is 6.07 Å². The van der Waals surface area contributed by atoms with Gasteiger partial charge in [0.1, 0.15) is 40.6 Å². The van der Waals surface area contributed by atoms with E-state index in [4.69, 9.17) is 19.4 Å². The standard InChI is InChI=1S/C18H19N3O3S.C15H10O7.C4H4O4/c1-21(16-4-2-3-9-19-16)10-11-24-14-7-5-13(6-8-14)12-15-17(22)20-18(23)25-15;16-7-4-10(19)12-11(5-7)22-15(14(21)13(12)20)6-1-2-8(17)9(18)3-6;5-3(6)1-2-4(7)8/h2-9,15H,10-12H2,1H3,(H,20,22,23);1-5,16-19,21H;1-2H,(H,5,6)(H,7,8)/b;;2-1-. The molecule has 3 aromatic carbocycles. The maximum Gasteiger partial charge on any atom is 0.328 e. The Labute approximate surface area is 315 Å². The SMILES string of the molecule is CN(CCOc1ccc(CC2SC(=O)NC2=O)cc1)c1ccccn1.O=C(O)/C=C\C(=O)O.O=c1c(O)c(-c2ccc(O)c(O)c2)oc2cc(O)cc(O)c12. The van der Waals surface area contributed by atoms with Crippen LogP contribution in [0, 0.1) is 0 Å². The molecule has 0 radical (unpaired) electrons. The number of imide groups is 1. The average Bonchev–Trinajstić information content (AvgIpc) is 3.46. The highest BCUT2D eigenvalue weighted by atomic mass is 32.2. The fourth-order valence-electron chi connectivity index (χ4n) is 4.74. The Balaban J connectivity index is 0.000000206. The number of ether oxygens (including phenoxy) is 1. The Morgan fingerprint density at radius 3 is 2.16 bits per heavy atom. The predicted molar refractivity (Wildman–Crippen MR) is 199 cm³/mol. The van der Waals surface area contributed by atoms with Gasteiger partial charge < -0.3 is 49.8 Å². The van der Waals surface area contributed by atoms with E-state index in [-0.39, 0.29) is 50.2 Å². The Hall–Kier alpha value is -7.21. The van der Waals surface area contributed by atoms with E-state index in [0.717, 1.165) is 59.7 Å². The molecule has 5 aromatic rings. The highest BCUT2D eigenvalue weighted by Crippen LogP contribution is 2.37. The third-order valence-corrected chi connectivity index (χ3v) is 8.37. The van der Waals surface area contributed by atoms with Gasteiger partial charge in [-0.15, -0.1) is 0 Å². The van der Waals surface area contributed by atoms with Crippen LogP contribution in [0.1, 0.15) is 5.56 Å². The van der Waals surface area contributed by atoms with E-state index in [9.17, 15) is 49.5 Å². The minimum absolute atomic E-state index is 0.134. The first kappa shape index (κ1) is 40.6. The van der Waals surface area contributed by atoms with Crippen LogP contribution in [0.4, 0.5) is 10.6 Å². The molecule has 1 atom stereocenters. The highest BCUT2D eigenvalue weighted by molar-refractivity contribution is 8.15. The van der Waals surface area contributed by atoms with Gasteiger partial charge in [-0.1, -0.05) is 30.0 Å². The lowest BCUT2D eigenvalue weighted by Gasteiger charge is -2.18. The van der Waals surface area contributed by atoms with Gasteiger partial charge in [0.15, 0.2) is 17.3 Å². The number of fused-ring (bicyclic) bond motifs is 1. The zero-order valence-electron chi connectivity index (χ0n) is 28.6. The van der Waals surface area contributed by atoms with Crippen molar-refractivity contribution in [1.82, 2.24) is 10.3 Å². The maximum absolute atomic E-state index is 12.1. The molecule has 1 saturated heterocycles. The Morgan fingerprint density at radius 2 is 1.58 bits per heavy atom. The Kier molecular flexibility index (Phi) is 13.7. The number of aromatic hydroxyl groups is 5. The number of carbonyl (C=O) groups is 4. The summed E-state index contributed by atoms with van der Waals surface area (Å²) < 4.78 is 11.1. The van der Waals surface area contributed by atoms with Crippen LogP contribution in [0.3, 0.4) is 0 Å². The number of rotatable bonds is 10. The number of nitrogens with zero attached hydrogens (tertiary/aromatic N) is 2. The number of phenolic OH excluding ortho intramolecular Hbond substituents is 4. The van der Waals surface area contributed by atoms with E-state index in [1.807, 2.05) is 54.4 Å². The maximum atomic E-state index is 12.1. The summed E-state index contributed by atoms with van der Waals surface area (Å²) in [6, 6.07) is 19.1. The number of carbonyl (C=O) groups excluding carboxylic acids is 2. The van der Waals surface area contributed by atoms with Crippen molar-refractivity contribution in [2.45, 2.75) is 11.7 Å². The molecule has 1 unspecified atom stereocenters. The minimum atomic E-state index is -1.26. The number of phenols is 4. The van der Waals surface area contributed by atoms with Crippen LogP contribution in [0.2, 0.25) is 0 Å². The number of aliphatic carboxylic acids is 2. The number of amides is 2. The lowest BCUT2D eigenvalue weighted by atomic mass is 10.1. The zero-order chi connectivity index (χ0) is 40.2. The fraction of sp³-hybridized carbons (Fsp3) is 0.135. The lowest BCUT2D eigenvalue weighted by Crippen LogP contribution is -2.25. The van der Waals surface area contributed by atoms with Gasteiger partial charge in [-0.3, -0.25) is 19.7 Å². The second-order valence-electron chi connectivity index (χ2n) is 11.3. The molecule has 18 heteroatoms. The van der Waals surface area contributed by atoms with Gasteiger partial charge in [0.25, 0.3) is 5.24 Å². The van der Waals surface area contributed by atoms with Gasteiger partial charge >= 0.3 is 11.9 Å². The minimum Gasteiger partial charge on any atom is -0.508 e. The highest BCUT2D eigenvalue weighted by Gasteiger charge is 2.31. The second-order valence-corrected chi connectivity index (χ2v) is 12.5. The molecule has 8 N–H and O–H groups in total. The molecule has 1 aliphatic heterocycles. The van der Waals surface area contributed by atoms with Crippen molar-refractivity contribution in [3.63, 3.8) is 0 Å². The number of hydrogen-bond acceptors (Lipinski definition) is 15. The molecule has 2 amide bonds. The molecular weight excluding hydrogens is 742 g/mol. The number of aromatic nitrogens is 1. The predicted octanol–water partition coefficient (Wildman–Crippen LogP) is 4.19. The molecule has 0 aliphatic carbocycles. The van der Waals surface area contributed by atoms with Crippen LogP contribution in [0.25, 0.3) is 22.3 Å². The molecule has 3 heterocycles. The third-order valence-electron chi connectivity index (χ3n) is 7.39. The number of thioether (sulfide) groups is 1. The van der Waals surface area contributed by atoms with Gasteiger partial charge in [-0.25, -0.2) is 14.6 Å². The largest absolute Gasteiger partial charge is 0.508 e. The van der Waals surface area contributed by atoms with E-state index >= 15 is 0 Å². The summed E-state index contributed by atoms with van der Waals surface area (Å²) in [7, 11) is 1.97. The van der Waals surface area contributed by atoms with Crippen LogP contribution in [-0.2, 0) is 20.8 Å². The first-order chi connectivity index (χ1) is 26.1. The third kappa shape index (κ3) is 11.4. The van der Waals surface area contributed by atoms with Crippen LogP contribution in [-0.4, -0.2) is 89.3 Å². The van der Waals surface area contributed by atoms with Crippen LogP contribution in [0.5, 0.6) is 34.5 Å². The molecule has 6 rings (SSSR count). The van der Waals surface area contributed by atoms with Crippen molar-refractivity contribution >= 4 is 51.6 Å². The van der Waals surface area contributed by atoms with Crippen LogP contribution >= 0.6 is 11.8 Å². The number of carboxylic acid groups (broad SMARTS) is 2. The molecule has 17 nitrogen and oxygen atoms in total. The number of pyridine rings is 1. The van der Waals surface area contributed by atoms with Gasteiger partial charge in [-0.2, -0.15) is 0 Å². The topological polar surface area (TPSA) is 277 Å². The average molecular weight is 776 g/mol. The molecule has 1 fully saturated rings. The van der Waals surface area contributed by atoms with Gasteiger partial charge in [0, 0.05) is 43.1 Å². The fourth-order valence-corrected chi connectivity index (χ4v) is 5.60. The summed E-state index contributed by atoms with van der Waals surface area (Å²) in [4.78, 5) is 60.3. The molecule has 0 saturated carbocycles. The molecule has 1 aliphatic rings. The van der Waals surface area contributed by atoms with Gasteiger partial charge in [0.2, 0.25) is 17.1 Å². The lowest BCUT2D eigenvalue weighted by molar-refractivity contribution is -0.134. The van der Waals surface area contributed by atoms with Crippen molar-refractivity contribution in [2.75, 3.05) is 25.1 Å².